The number of carbonyl (C=O) groups is 2. The van der Waals surface area contributed by atoms with Gasteiger partial charge in [-0.1, -0.05) is 60.1 Å². The van der Waals surface area contributed by atoms with Gasteiger partial charge in [-0.3, -0.25) is 9.59 Å². The highest BCUT2D eigenvalue weighted by molar-refractivity contribution is 5.82. The average Bonchev–Trinajstić information content (AvgIpc) is 3.57. The van der Waals surface area contributed by atoms with Crippen molar-refractivity contribution in [3.8, 4) is 0 Å². The monoisotopic (exact) mass is 938 g/mol. The molecule has 5 aliphatic carbocycles. The highest BCUT2D eigenvalue weighted by Crippen LogP contribution is 2.76. The first-order chi connectivity index (χ1) is 30.8. The van der Waals surface area contributed by atoms with Crippen molar-refractivity contribution in [1.29, 1.82) is 0 Å². The van der Waals surface area contributed by atoms with Crippen molar-refractivity contribution in [3.63, 3.8) is 0 Å². The molecule has 66 heavy (non-hydrogen) atoms. The maximum atomic E-state index is 13.7. The van der Waals surface area contributed by atoms with Crippen LogP contribution in [0.25, 0.3) is 0 Å². The Labute approximate surface area is 386 Å². The molecule has 9 aliphatic rings. The summed E-state index contributed by atoms with van der Waals surface area (Å²) in [6.45, 7) is 16.1. The van der Waals surface area contributed by atoms with Crippen LogP contribution in [0.5, 0.6) is 0 Å². The number of amides is 1. The van der Waals surface area contributed by atoms with Crippen molar-refractivity contribution in [2.45, 2.75) is 205 Å². The minimum atomic E-state index is -1.71. The summed E-state index contributed by atoms with van der Waals surface area (Å²) < 4.78 is 42.1. The van der Waals surface area contributed by atoms with Gasteiger partial charge in [0.25, 0.3) is 0 Å². The van der Waals surface area contributed by atoms with Crippen LogP contribution >= 0.6 is 0 Å². The van der Waals surface area contributed by atoms with Crippen LogP contribution in [0.2, 0.25) is 0 Å². The second-order valence-corrected chi connectivity index (χ2v) is 23.6. The van der Waals surface area contributed by atoms with E-state index < -0.39 is 115 Å². The van der Waals surface area contributed by atoms with E-state index >= 15 is 0 Å². The highest BCUT2D eigenvalue weighted by atomic mass is 16.8. The molecule has 0 aromatic heterocycles. The number of nitrogens with one attached hydrogen (secondary N) is 1. The normalized spacial score (nSPS) is 53.8. The summed E-state index contributed by atoms with van der Waals surface area (Å²) in [4.78, 5) is 26.3. The van der Waals surface area contributed by atoms with Crippen LogP contribution in [0.3, 0.4) is 0 Å². The quantitative estimate of drug-likeness (QED) is 0.0914. The first-order valence-corrected chi connectivity index (χ1v) is 24.3. The molecule has 9 N–H and O–H groups in total. The fourth-order valence-electron chi connectivity index (χ4n) is 15.4. The molecular weight excluding hydrogens is 863 g/mol. The SMILES string of the molecule is CC(=O)N[C@H]1[C@H](O[C@H]2CC[C@@]3(C)[C@H](CC[C@]4(C)[C@@H]3CC=C3[C@@H]5CC(C)(C)[C@@H]6C[C@]5(C(=O)O6)[C@H](O)C[C@]34C)C2(C)C)O[C@H](CO[C@@H]2OC[C@H](O)[C@H](O)[C@H]2O[C@@H]2OC[C@@H](O)[C@H](O)[C@H]2O)[C@@H](O)[C@@H]1O. The van der Waals surface area contributed by atoms with Gasteiger partial charge >= 0.3 is 5.97 Å². The van der Waals surface area contributed by atoms with Crippen LogP contribution in [0.1, 0.15) is 107 Å². The number of rotatable bonds is 8. The molecule has 2 bridgehead atoms. The van der Waals surface area contributed by atoms with E-state index in [9.17, 15) is 50.4 Å². The van der Waals surface area contributed by atoms with Gasteiger partial charge in [-0.15, -0.1) is 0 Å². The molecule has 1 spiro atoms. The summed E-state index contributed by atoms with van der Waals surface area (Å²) in [6, 6.07) is -1.15. The zero-order chi connectivity index (χ0) is 47.8. The Morgan fingerprint density at radius 3 is 2.15 bits per heavy atom. The smallest absolute Gasteiger partial charge is 0.315 e. The Bertz CT molecular complexity index is 1900. The molecule has 4 saturated carbocycles. The summed E-state index contributed by atoms with van der Waals surface area (Å²) in [7, 11) is 0. The molecule has 23 atom stereocenters. The maximum Gasteiger partial charge on any atom is 0.315 e. The lowest BCUT2D eigenvalue weighted by molar-refractivity contribution is -0.352. The lowest BCUT2D eigenvalue weighted by Crippen LogP contribution is -2.68. The highest BCUT2D eigenvalue weighted by Gasteiger charge is 2.74. The Hall–Kier alpha value is -1.88. The van der Waals surface area contributed by atoms with Gasteiger partial charge in [-0.25, -0.2) is 0 Å². The molecule has 0 aromatic rings. The Morgan fingerprint density at radius 1 is 0.773 bits per heavy atom. The number of allylic oxidation sites excluding steroid dienone is 2. The predicted molar refractivity (Wildman–Crippen MR) is 229 cm³/mol. The van der Waals surface area contributed by atoms with E-state index in [-0.39, 0.29) is 64.7 Å². The summed E-state index contributed by atoms with van der Waals surface area (Å²) >= 11 is 0. The molecule has 4 aliphatic heterocycles. The Balaban J connectivity index is 0.925. The predicted octanol–water partition coefficient (Wildman–Crippen LogP) is 0.550. The van der Waals surface area contributed by atoms with Gasteiger partial charge in [0.05, 0.1) is 32.0 Å². The summed E-state index contributed by atoms with van der Waals surface area (Å²) in [6.07, 6.45) is -10.7. The van der Waals surface area contributed by atoms with Gasteiger partial charge in [-0.05, 0) is 84.4 Å². The van der Waals surface area contributed by atoms with Gasteiger partial charge in [0, 0.05) is 18.8 Å². The molecule has 18 nitrogen and oxygen atoms in total. The van der Waals surface area contributed by atoms with Crippen LogP contribution in [0.15, 0.2) is 11.6 Å². The second kappa shape index (κ2) is 16.9. The first-order valence-electron chi connectivity index (χ1n) is 24.3. The molecule has 0 radical (unpaired) electrons. The zero-order valence-corrected chi connectivity index (χ0v) is 39.6. The third-order valence-corrected chi connectivity index (χ3v) is 19.4. The van der Waals surface area contributed by atoms with Crippen LogP contribution in [0, 0.1) is 50.2 Å². The first kappa shape index (κ1) is 49.1. The molecule has 1 amide bonds. The number of carbonyl (C=O) groups excluding carboxylic acids is 2. The minimum absolute atomic E-state index is 0.0769. The van der Waals surface area contributed by atoms with Crippen molar-refractivity contribution in [3.05, 3.63) is 11.6 Å². The Kier molecular flexibility index (Phi) is 12.6. The van der Waals surface area contributed by atoms with Crippen LogP contribution in [-0.4, -0.2) is 171 Å². The number of esters is 1. The van der Waals surface area contributed by atoms with Gasteiger partial charge in [0.2, 0.25) is 5.91 Å². The average molecular weight is 938 g/mol. The fraction of sp³-hybridized carbons (Fsp3) is 0.917. The summed E-state index contributed by atoms with van der Waals surface area (Å²) in [5.74, 6) is -0.317. The number of hydrogen-bond acceptors (Lipinski definition) is 17. The van der Waals surface area contributed by atoms with E-state index in [2.05, 4.69) is 59.9 Å². The molecule has 4 saturated heterocycles. The van der Waals surface area contributed by atoms with Gasteiger partial charge < -0.3 is 79.3 Å². The largest absolute Gasteiger partial charge is 0.461 e. The lowest BCUT2D eigenvalue weighted by atomic mass is 9.33. The van der Waals surface area contributed by atoms with E-state index in [4.69, 9.17) is 33.2 Å². The molecule has 9 rings (SSSR count). The van der Waals surface area contributed by atoms with E-state index in [0.29, 0.717) is 19.3 Å². The van der Waals surface area contributed by atoms with Gasteiger partial charge in [0.1, 0.15) is 72.5 Å². The molecule has 374 valence electrons. The summed E-state index contributed by atoms with van der Waals surface area (Å²) in [5.41, 5.74) is -0.823. The third kappa shape index (κ3) is 7.31. The molecule has 8 fully saturated rings. The van der Waals surface area contributed by atoms with Crippen molar-refractivity contribution in [2.24, 2.45) is 50.2 Å². The number of fused-ring (bicyclic) bond motifs is 7. The minimum Gasteiger partial charge on any atom is -0.461 e. The van der Waals surface area contributed by atoms with E-state index in [0.717, 1.165) is 32.1 Å². The maximum absolute atomic E-state index is 13.7. The molecule has 0 unspecified atom stereocenters. The number of hydrogen-bond donors (Lipinski definition) is 9. The van der Waals surface area contributed by atoms with Gasteiger partial charge in [-0.2, -0.15) is 0 Å². The zero-order valence-electron chi connectivity index (χ0n) is 39.6. The van der Waals surface area contributed by atoms with E-state index in [1.165, 1.54) is 12.5 Å². The molecular formula is C48H75NO17. The van der Waals surface area contributed by atoms with Crippen LogP contribution < -0.4 is 5.32 Å². The van der Waals surface area contributed by atoms with Crippen molar-refractivity contribution in [1.82, 2.24) is 5.32 Å². The van der Waals surface area contributed by atoms with E-state index in [1.807, 2.05) is 0 Å². The number of ether oxygens (including phenoxy) is 7. The number of aliphatic hydroxyl groups excluding tert-OH is 8. The lowest BCUT2D eigenvalue weighted by Gasteiger charge is -2.71. The molecule has 0 aromatic carbocycles. The molecule has 18 heteroatoms. The number of aliphatic hydroxyl groups is 8. The topological polar surface area (TPSA) is 273 Å². The summed E-state index contributed by atoms with van der Waals surface area (Å²) in [5, 5.41) is 89.8. The standard InChI is InChI=1S/C48H75NO17/c1-21(50)49-32-36(57)35(56)26(20-62-41-38(34(55)25(52)19-61-41)66-40-37(58)33(54)24(51)18-60-40)63-39(32)64-30-12-13-45(6)27(44(30,4)5)11-14-46(7)28(45)10-9-22-23-15-43(2,3)31-17-48(23,42(59)65-31)29(53)16-47(22,46)8/h9,23-41,51-58H,10-20H2,1-8H3,(H,49,50)/t23-,24+,25-,26+,27+,28+,29+,30-,31-,32+,33-,34-,35+,36+,37+,38+,39-,40-,41-,45-,46+,47+,48+/m0/s1. The fourth-order valence-corrected chi connectivity index (χ4v) is 15.4. The van der Waals surface area contributed by atoms with E-state index in [1.54, 1.807) is 0 Å². The van der Waals surface area contributed by atoms with Crippen LogP contribution in [0.4, 0.5) is 0 Å². The van der Waals surface area contributed by atoms with Crippen molar-refractivity contribution in [2.75, 3.05) is 19.8 Å². The van der Waals surface area contributed by atoms with Crippen molar-refractivity contribution >= 4 is 11.9 Å². The van der Waals surface area contributed by atoms with Crippen LogP contribution in [-0.2, 0) is 42.7 Å². The van der Waals surface area contributed by atoms with Gasteiger partial charge in [0.15, 0.2) is 18.9 Å². The van der Waals surface area contributed by atoms with Crippen molar-refractivity contribution < 1.29 is 83.6 Å². The molecule has 4 heterocycles. The Morgan fingerprint density at radius 2 is 1.45 bits per heavy atom. The second-order valence-electron chi connectivity index (χ2n) is 23.6. The third-order valence-electron chi connectivity index (χ3n) is 19.4.